The molecule has 2 atom stereocenters. The number of nitrogens with one attached hydrogen (secondary N) is 1. The van der Waals surface area contributed by atoms with E-state index in [1.807, 2.05) is 0 Å². The molecule has 0 aliphatic carbocycles. The van der Waals surface area contributed by atoms with Crippen molar-refractivity contribution < 1.29 is 18.4 Å². The molecule has 1 aliphatic heterocycles. The van der Waals surface area contributed by atoms with Crippen molar-refractivity contribution in [2.75, 3.05) is 16.8 Å². The number of rotatable bonds is 3. The largest absolute Gasteiger partial charge is 0.390 e. The predicted octanol–water partition coefficient (Wildman–Crippen LogP) is 0.165. The summed E-state index contributed by atoms with van der Waals surface area (Å²) >= 11 is 0. The van der Waals surface area contributed by atoms with Gasteiger partial charge in [-0.05, 0) is 12.1 Å². The lowest BCUT2D eigenvalue weighted by Crippen LogP contribution is -2.31. The Morgan fingerprint density at radius 3 is 2.33 bits per heavy atom. The van der Waals surface area contributed by atoms with Crippen molar-refractivity contribution in [2.24, 2.45) is 0 Å². The van der Waals surface area contributed by atoms with Crippen LogP contribution in [0.3, 0.4) is 0 Å². The first-order chi connectivity index (χ1) is 8.37. The fourth-order valence-electron chi connectivity index (χ4n) is 1.86. The number of aliphatic hydroxyl groups is 1. The fraction of sp³-hybridized carbons (Fsp3) is 0.400. The van der Waals surface area contributed by atoms with Crippen LogP contribution in [0.15, 0.2) is 24.3 Å². The minimum atomic E-state index is -3.21. The first kappa shape index (κ1) is 12.8. The van der Waals surface area contributed by atoms with Crippen molar-refractivity contribution in [1.29, 1.82) is 0 Å². The lowest BCUT2D eigenvalue weighted by atomic mass is 10.2. The van der Waals surface area contributed by atoms with Crippen molar-refractivity contribution in [2.45, 2.75) is 12.1 Å². The Labute approximate surface area is 104 Å². The Bertz CT molecular complexity index is 554. The van der Waals surface area contributed by atoms with Gasteiger partial charge in [-0.2, -0.15) is 0 Å². The molecule has 7 nitrogen and oxygen atoms in total. The van der Waals surface area contributed by atoms with E-state index < -0.39 is 26.9 Å². The molecule has 2 rings (SSSR count). The number of sulfone groups is 1. The van der Waals surface area contributed by atoms with Crippen LogP contribution in [-0.4, -0.2) is 42.1 Å². The van der Waals surface area contributed by atoms with Crippen LogP contribution in [0.2, 0.25) is 0 Å². The van der Waals surface area contributed by atoms with Crippen molar-refractivity contribution in [3.8, 4) is 0 Å². The molecular formula is C10H12N2O5S. The number of nitrogens with zero attached hydrogens (tertiary/aromatic N) is 1. The van der Waals surface area contributed by atoms with E-state index in [4.69, 9.17) is 0 Å². The van der Waals surface area contributed by atoms with E-state index in [-0.39, 0.29) is 17.2 Å². The second-order valence-corrected chi connectivity index (χ2v) is 6.35. The maximum atomic E-state index is 11.3. The minimum absolute atomic E-state index is 0.0415. The summed E-state index contributed by atoms with van der Waals surface area (Å²) in [5.41, 5.74) is 0.502. The molecule has 0 aromatic heterocycles. The number of hydrogen-bond acceptors (Lipinski definition) is 6. The van der Waals surface area contributed by atoms with E-state index in [1.165, 1.54) is 24.3 Å². The van der Waals surface area contributed by atoms with Gasteiger partial charge >= 0.3 is 0 Å². The smallest absolute Gasteiger partial charge is 0.269 e. The van der Waals surface area contributed by atoms with Crippen LogP contribution >= 0.6 is 0 Å². The van der Waals surface area contributed by atoms with E-state index in [0.717, 1.165) is 0 Å². The molecule has 1 aromatic carbocycles. The lowest BCUT2D eigenvalue weighted by molar-refractivity contribution is -0.384. The lowest BCUT2D eigenvalue weighted by Gasteiger charge is -2.15. The Kier molecular flexibility index (Phi) is 3.22. The van der Waals surface area contributed by atoms with Crippen molar-refractivity contribution in [3.05, 3.63) is 34.4 Å². The summed E-state index contributed by atoms with van der Waals surface area (Å²) in [5.74, 6) is -0.386. The second-order valence-electron chi connectivity index (χ2n) is 4.20. The molecule has 2 N–H and O–H groups in total. The van der Waals surface area contributed by atoms with Crippen molar-refractivity contribution in [1.82, 2.24) is 0 Å². The van der Waals surface area contributed by atoms with Crippen LogP contribution in [0.5, 0.6) is 0 Å². The molecule has 0 spiro atoms. The molecule has 18 heavy (non-hydrogen) atoms. The third kappa shape index (κ3) is 2.77. The van der Waals surface area contributed by atoms with Gasteiger partial charge in [-0.15, -0.1) is 0 Å². The first-order valence-corrected chi connectivity index (χ1v) is 7.09. The molecule has 0 amide bonds. The monoisotopic (exact) mass is 272 g/mol. The summed E-state index contributed by atoms with van der Waals surface area (Å²) in [6.07, 6.45) is -0.954. The van der Waals surface area contributed by atoms with Crippen LogP contribution in [0.25, 0.3) is 0 Å². The van der Waals surface area contributed by atoms with Crippen LogP contribution in [0, 0.1) is 10.1 Å². The highest BCUT2D eigenvalue weighted by Gasteiger charge is 2.36. The predicted molar refractivity (Wildman–Crippen MR) is 65.2 cm³/mol. The van der Waals surface area contributed by atoms with Gasteiger partial charge < -0.3 is 10.4 Å². The summed E-state index contributed by atoms with van der Waals surface area (Å²) in [6, 6.07) is 5.03. The van der Waals surface area contributed by atoms with Crippen LogP contribution in [0.1, 0.15) is 0 Å². The van der Waals surface area contributed by atoms with Gasteiger partial charge in [-0.3, -0.25) is 10.1 Å². The Morgan fingerprint density at radius 2 is 1.89 bits per heavy atom. The highest BCUT2D eigenvalue weighted by molar-refractivity contribution is 7.91. The van der Waals surface area contributed by atoms with E-state index in [1.54, 1.807) is 0 Å². The third-order valence-corrected chi connectivity index (χ3v) is 4.47. The van der Waals surface area contributed by atoms with Gasteiger partial charge in [0, 0.05) is 17.8 Å². The van der Waals surface area contributed by atoms with Crippen LogP contribution in [-0.2, 0) is 9.84 Å². The summed E-state index contributed by atoms with van der Waals surface area (Å²) < 4.78 is 22.6. The molecule has 1 heterocycles. The standard InChI is InChI=1S/C10H12N2O5S/c13-10-6-18(16,17)5-9(10)11-7-1-3-8(4-2-7)12(14)15/h1-4,9-11,13H,5-6H2. The summed E-state index contributed by atoms with van der Waals surface area (Å²) in [5, 5.41) is 22.9. The fourth-order valence-corrected chi connectivity index (χ4v) is 3.60. The molecule has 0 bridgehead atoms. The molecule has 98 valence electrons. The van der Waals surface area contributed by atoms with Gasteiger partial charge in [0.2, 0.25) is 0 Å². The maximum Gasteiger partial charge on any atom is 0.269 e. The summed E-state index contributed by atoms with van der Waals surface area (Å²) in [7, 11) is -3.21. The number of aliphatic hydroxyl groups excluding tert-OH is 1. The van der Waals surface area contributed by atoms with Gasteiger partial charge in [0.25, 0.3) is 5.69 Å². The molecule has 1 saturated heterocycles. The normalized spacial score (nSPS) is 25.8. The maximum absolute atomic E-state index is 11.3. The van der Waals surface area contributed by atoms with Gasteiger partial charge in [-0.1, -0.05) is 0 Å². The molecule has 0 saturated carbocycles. The third-order valence-electron chi connectivity index (χ3n) is 2.75. The van der Waals surface area contributed by atoms with E-state index >= 15 is 0 Å². The molecule has 1 fully saturated rings. The molecule has 8 heteroatoms. The number of benzene rings is 1. The molecule has 1 aromatic rings. The molecule has 0 radical (unpaired) electrons. The Hall–Kier alpha value is -1.67. The number of nitro groups is 1. The average molecular weight is 272 g/mol. The molecule has 1 aliphatic rings. The number of anilines is 1. The molecular weight excluding hydrogens is 260 g/mol. The van der Waals surface area contributed by atoms with E-state index in [9.17, 15) is 23.6 Å². The Morgan fingerprint density at radius 1 is 1.28 bits per heavy atom. The second kappa shape index (κ2) is 4.54. The SMILES string of the molecule is O=[N+]([O-])c1ccc(NC2CS(=O)(=O)CC2O)cc1. The topological polar surface area (TPSA) is 110 Å². The summed E-state index contributed by atoms with van der Waals surface area (Å²) in [6.45, 7) is 0. The zero-order valence-electron chi connectivity index (χ0n) is 9.31. The van der Waals surface area contributed by atoms with E-state index in [2.05, 4.69) is 5.32 Å². The van der Waals surface area contributed by atoms with Crippen LogP contribution < -0.4 is 5.32 Å². The molecule has 2 unspecified atom stereocenters. The Balaban J connectivity index is 2.08. The van der Waals surface area contributed by atoms with Gasteiger partial charge in [-0.25, -0.2) is 8.42 Å². The number of hydrogen-bond donors (Lipinski definition) is 2. The van der Waals surface area contributed by atoms with Gasteiger partial charge in [0.1, 0.15) is 0 Å². The quantitative estimate of drug-likeness (QED) is 0.599. The van der Waals surface area contributed by atoms with Gasteiger partial charge in [0.15, 0.2) is 9.84 Å². The van der Waals surface area contributed by atoms with E-state index in [0.29, 0.717) is 5.69 Å². The number of non-ortho nitro benzene ring substituents is 1. The van der Waals surface area contributed by atoms with Gasteiger partial charge in [0.05, 0.1) is 28.6 Å². The highest BCUT2D eigenvalue weighted by atomic mass is 32.2. The minimum Gasteiger partial charge on any atom is -0.390 e. The van der Waals surface area contributed by atoms with Crippen molar-refractivity contribution >= 4 is 21.2 Å². The van der Waals surface area contributed by atoms with Crippen molar-refractivity contribution in [3.63, 3.8) is 0 Å². The first-order valence-electron chi connectivity index (χ1n) is 5.27. The number of nitro benzene ring substituents is 1. The zero-order valence-corrected chi connectivity index (χ0v) is 10.1. The average Bonchev–Trinajstić information content (AvgIpc) is 2.52. The summed E-state index contributed by atoms with van der Waals surface area (Å²) in [4.78, 5) is 9.94. The van der Waals surface area contributed by atoms with Crippen LogP contribution in [0.4, 0.5) is 11.4 Å². The highest BCUT2D eigenvalue weighted by Crippen LogP contribution is 2.20. The zero-order chi connectivity index (χ0) is 13.3.